The van der Waals surface area contributed by atoms with E-state index in [-0.39, 0.29) is 6.03 Å². The Morgan fingerprint density at radius 1 is 1.08 bits per heavy atom. The van der Waals surface area contributed by atoms with Gasteiger partial charge in [-0.25, -0.2) is 4.79 Å². The number of nitrogens with one attached hydrogen (secondary N) is 3. The molecular formula is C20H19N5O. The summed E-state index contributed by atoms with van der Waals surface area (Å²) in [6.45, 7) is 1.18. The van der Waals surface area contributed by atoms with Crippen LogP contribution in [0.3, 0.4) is 0 Å². The highest BCUT2D eigenvalue weighted by Gasteiger charge is 2.04. The number of urea groups is 1. The number of carbonyl (C=O) groups excluding carboxylic acids is 1. The molecule has 2 aromatic heterocycles. The lowest BCUT2D eigenvalue weighted by Crippen LogP contribution is -2.28. The number of nitrogens with zero attached hydrogens (tertiary/aromatic N) is 2. The van der Waals surface area contributed by atoms with Crippen LogP contribution in [0.5, 0.6) is 0 Å². The van der Waals surface area contributed by atoms with Gasteiger partial charge in [-0.15, -0.1) is 0 Å². The molecule has 0 fully saturated rings. The molecule has 130 valence electrons. The summed E-state index contributed by atoms with van der Waals surface area (Å²) < 4.78 is 1.87. The molecule has 0 aliphatic carbocycles. The molecule has 6 nitrogen and oxygen atoms in total. The van der Waals surface area contributed by atoms with Gasteiger partial charge in [0.25, 0.3) is 0 Å². The summed E-state index contributed by atoms with van der Waals surface area (Å²) >= 11 is 0. The summed E-state index contributed by atoms with van der Waals surface area (Å²) in [5.41, 5.74) is 4.00. The normalized spacial score (nSPS) is 10.8. The van der Waals surface area contributed by atoms with Crippen molar-refractivity contribution in [2.75, 3.05) is 5.32 Å². The van der Waals surface area contributed by atoms with E-state index in [1.807, 2.05) is 59.5 Å². The van der Waals surface area contributed by atoms with Crippen molar-refractivity contribution in [1.29, 1.82) is 0 Å². The average Bonchev–Trinajstić information content (AvgIpc) is 3.31. The summed E-state index contributed by atoms with van der Waals surface area (Å²) in [5, 5.41) is 11.0. The fourth-order valence-electron chi connectivity index (χ4n) is 2.91. The van der Waals surface area contributed by atoms with Gasteiger partial charge in [0, 0.05) is 41.7 Å². The molecule has 2 heterocycles. The Labute approximate surface area is 150 Å². The molecule has 0 bridgehead atoms. The van der Waals surface area contributed by atoms with Crippen LogP contribution in [0.25, 0.3) is 10.9 Å². The van der Waals surface area contributed by atoms with Gasteiger partial charge < -0.3 is 15.6 Å². The molecule has 2 aromatic carbocycles. The second kappa shape index (κ2) is 7.14. The number of anilines is 1. The number of fused-ring (bicyclic) bond motifs is 1. The zero-order chi connectivity index (χ0) is 17.8. The molecule has 0 saturated carbocycles. The van der Waals surface area contributed by atoms with Gasteiger partial charge in [0.15, 0.2) is 0 Å². The third kappa shape index (κ3) is 3.75. The van der Waals surface area contributed by atoms with Crippen molar-refractivity contribution in [2.24, 2.45) is 0 Å². The second-order valence-corrected chi connectivity index (χ2v) is 6.11. The number of hydrogen-bond donors (Lipinski definition) is 3. The van der Waals surface area contributed by atoms with E-state index in [4.69, 9.17) is 0 Å². The van der Waals surface area contributed by atoms with Crippen LogP contribution in [0, 0.1) is 0 Å². The number of benzene rings is 2. The van der Waals surface area contributed by atoms with Crippen LogP contribution in [0.4, 0.5) is 10.5 Å². The fraction of sp³-hybridized carbons (Fsp3) is 0.100. The summed E-state index contributed by atoms with van der Waals surface area (Å²) in [5.74, 6) is 0. The predicted molar refractivity (Wildman–Crippen MR) is 102 cm³/mol. The van der Waals surface area contributed by atoms with Gasteiger partial charge >= 0.3 is 6.03 Å². The lowest BCUT2D eigenvalue weighted by atomic mass is 10.1. The van der Waals surface area contributed by atoms with Gasteiger partial charge in [-0.05, 0) is 41.5 Å². The van der Waals surface area contributed by atoms with Crippen LogP contribution >= 0.6 is 0 Å². The molecular weight excluding hydrogens is 326 g/mol. The lowest BCUT2D eigenvalue weighted by Gasteiger charge is -2.09. The van der Waals surface area contributed by atoms with Gasteiger partial charge in [0.1, 0.15) is 0 Å². The molecule has 6 heteroatoms. The Morgan fingerprint density at radius 3 is 2.88 bits per heavy atom. The average molecular weight is 345 g/mol. The first-order valence-electron chi connectivity index (χ1n) is 8.43. The topological polar surface area (TPSA) is 74.7 Å². The Kier molecular flexibility index (Phi) is 4.38. The summed E-state index contributed by atoms with van der Waals surface area (Å²) in [6.07, 6.45) is 5.57. The van der Waals surface area contributed by atoms with Crippen molar-refractivity contribution in [3.05, 3.63) is 84.3 Å². The molecule has 0 aliphatic heterocycles. The molecule has 0 atom stereocenters. The van der Waals surface area contributed by atoms with Crippen molar-refractivity contribution in [1.82, 2.24) is 20.1 Å². The van der Waals surface area contributed by atoms with Gasteiger partial charge in [-0.1, -0.05) is 24.3 Å². The molecule has 0 spiro atoms. The number of aromatic nitrogens is 3. The number of hydrogen-bond acceptors (Lipinski definition) is 2. The van der Waals surface area contributed by atoms with E-state index in [9.17, 15) is 4.79 Å². The van der Waals surface area contributed by atoms with Crippen LogP contribution < -0.4 is 10.6 Å². The van der Waals surface area contributed by atoms with E-state index >= 15 is 0 Å². The maximum atomic E-state index is 12.2. The number of amides is 2. The molecule has 0 unspecified atom stereocenters. The third-order valence-corrected chi connectivity index (χ3v) is 4.16. The molecule has 0 radical (unpaired) electrons. The predicted octanol–water partition coefficient (Wildman–Crippen LogP) is 3.73. The monoisotopic (exact) mass is 345 g/mol. The maximum absolute atomic E-state index is 12.2. The highest BCUT2D eigenvalue weighted by atomic mass is 16.2. The molecule has 26 heavy (non-hydrogen) atoms. The summed E-state index contributed by atoms with van der Waals surface area (Å²) in [4.78, 5) is 15.3. The quantitative estimate of drug-likeness (QED) is 0.515. The van der Waals surface area contributed by atoms with Gasteiger partial charge in [-0.3, -0.25) is 4.68 Å². The van der Waals surface area contributed by atoms with Gasteiger partial charge in [-0.2, -0.15) is 5.10 Å². The SMILES string of the molecule is O=C(NCc1cccc(Cn2cccn2)c1)Nc1ccc2[nH]ccc2c1. The third-order valence-electron chi connectivity index (χ3n) is 4.16. The van der Waals surface area contributed by atoms with Crippen LogP contribution in [0.1, 0.15) is 11.1 Å². The van der Waals surface area contributed by atoms with E-state index in [0.29, 0.717) is 13.1 Å². The summed E-state index contributed by atoms with van der Waals surface area (Å²) in [7, 11) is 0. The minimum atomic E-state index is -0.225. The van der Waals surface area contributed by atoms with Crippen molar-refractivity contribution in [2.45, 2.75) is 13.1 Å². The zero-order valence-electron chi connectivity index (χ0n) is 14.1. The Bertz CT molecular complexity index is 1020. The number of rotatable bonds is 5. The Balaban J connectivity index is 1.35. The van der Waals surface area contributed by atoms with Crippen molar-refractivity contribution in [3.63, 3.8) is 0 Å². The van der Waals surface area contributed by atoms with E-state index in [1.165, 1.54) is 0 Å². The van der Waals surface area contributed by atoms with Gasteiger partial charge in [0.05, 0.1) is 6.54 Å². The Morgan fingerprint density at radius 2 is 2.00 bits per heavy atom. The zero-order valence-corrected chi connectivity index (χ0v) is 14.1. The first-order valence-corrected chi connectivity index (χ1v) is 8.43. The first kappa shape index (κ1) is 16.0. The smallest absolute Gasteiger partial charge is 0.319 e. The number of H-pyrrole nitrogens is 1. The van der Waals surface area contributed by atoms with Crippen molar-refractivity contribution >= 4 is 22.6 Å². The molecule has 0 aliphatic rings. The fourth-order valence-corrected chi connectivity index (χ4v) is 2.91. The minimum absolute atomic E-state index is 0.225. The highest BCUT2D eigenvalue weighted by molar-refractivity contribution is 5.92. The lowest BCUT2D eigenvalue weighted by molar-refractivity contribution is 0.251. The van der Waals surface area contributed by atoms with Gasteiger partial charge in [0.2, 0.25) is 0 Å². The summed E-state index contributed by atoms with van der Waals surface area (Å²) in [6, 6.07) is 17.5. The van der Waals surface area contributed by atoms with Crippen LogP contribution in [-0.4, -0.2) is 20.8 Å². The van der Waals surface area contributed by atoms with Crippen molar-refractivity contribution < 1.29 is 4.79 Å². The number of carbonyl (C=O) groups is 1. The van der Waals surface area contributed by atoms with Crippen LogP contribution in [-0.2, 0) is 13.1 Å². The standard InChI is InChI=1S/C20H19N5O/c26-20(24-18-5-6-19-17(12-18)7-9-21-19)22-13-15-3-1-4-16(11-15)14-25-10-2-8-23-25/h1-12,21H,13-14H2,(H2,22,24,26). The molecule has 2 amide bonds. The molecule has 4 rings (SSSR count). The first-order chi connectivity index (χ1) is 12.8. The molecule has 0 saturated heterocycles. The van der Waals surface area contributed by atoms with Crippen LogP contribution in [0.15, 0.2) is 73.2 Å². The van der Waals surface area contributed by atoms with Crippen LogP contribution in [0.2, 0.25) is 0 Å². The van der Waals surface area contributed by atoms with E-state index in [2.05, 4.69) is 32.8 Å². The van der Waals surface area contributed by atoms with E-state index in [1.54, 1.807) is 6.20 Å². The Hall–Kier alpha value is -3.54. The molecule has 4 aromatic rings. The van der Waals surface area contributed by atoms with E-state index < -0.39 is 0 Å². The number of aromatic amines is 1. The second-order valence-electron chi connectivity index (χ2n) is 6.11. The molecule has 3 N–H and O–H groups in total. The minimum Gasteiger partial charge on any atom is -0.361 e. The highest BCUT2D eigenvalue weighted by Crippen LogP contribution is 2.17. The largest absolute Gasteiger partial charge is 0.361 e. The van der Waals surface area contributed by atoms with E-state index in [0.717, 1.165) is 27.7 Å². The van der Waals surface area contributed by atoms with Crippen molar-refractivity contribution in [3.8, 4) is 0 Å². The maximum Gasteiger partial charge on any atom is 0.319 e.